The van der Waals surface area contributed by atoms with Gasteiger partial charge in [-0.3, -0.25) is 14.4 Å². The Morgan fingerprint density at radius 1 is 0.605 bits per heavy atom. The highest BCUT2D eigenvalue weighted by atomic mass is 16.5. The summed E-state index contributed by atoms with van der Waals surface area (Å²) in [5, 5.41) is 11.0. The van der Waals surface area contributed by atoms with Gasteiger partial charge in [-0.2, -0.15) is 0 Å². The SMILES string of the molecule is CCCCCCC/C=C\C/C=C\CCCC(CCCCCCCC(=O)NCC(=O)O)OC(=O)CCCCCCCCCC. The van der Waals surface area contributed by atoms with Crippen LogP contribution >= 0.6 is 0 Å². The minimum atomic E-state index is -1.02. The van der Waals surface area contributed by atoms with Crippen molar-refractivity contribution in [3.8, 4) is 0 Å². The number of hydrogen-bond donors (Lipinski definition) is 2. The van der Waals surface area contributed by atoms with Crippen LogP contribution in [-0.4, -0.2) is 35.6 Å². The molecule has 1 unspecified atom stereocenters. The molecule has 0 spiro atoms. The number of rotatable bonds is 32. The Kier molecular flexibility index (Phi) is 31.2. The van der Waals surface area contributed by atoms with Crippen molar-refractivity contribution >= 4 is 17.8 Å². The molecule has 0 aliphatic heterocycles. The van der Waals surface area contributed by atoms with Crippen LogP contribution in [-0.2, 0) is 19.1 Å². The molecule has 0 aliphatic carbocycles. The first-order chi connectivity index (χ1) is 21.0. The third kappa shape index (κ3) is 32.6. The molecule has 0 saturated carbocycles. The van der Waals surface area contributed by atoms with E-state index in [1.165, 1.54) is 77.0 Å². The first-order valence-corrected chi connectivity index (χ1v) is 18.0. The fourth-order valence-electron chi connectivity index (χ4n) is 5.20. The predicted octanol–water partition coefficient (Wildman–Crippen LogP) is 10.4. The molecular weight excluding hydrogens is 538 g/mol. The fraction of sp³-hybridized carbons (Fsp3) is 0.811. The Morgan fingerprint density at radius 2 is 1.09 bits per heavy atom. The second kappa shape index (κ2) is 32.8. The lowest BCUT2D eigenvalue weighted by atomic mass is 10.0. The summed E-state index contributed by atoms with van der Waals surface area (Å²) in [4.78, 5) is 34.7. The van der Waals surface area contributed by atoms with Crippen molar-refractivity contribution in [2.24, 2.45) is 0 Å². The molecule has 1 atom stereocenters. The second-order valence-electron chi connectivity index (χ2n) is 12.1. The summed E-state index contributed by atoms with van der Waals surface area (Å²) in [5.41, 5.74) is 0. The molecule has 0 aromatic heterocycles. The molecule has 2 N–H and O–H groups in total. The van der Waals surface area contributed by atoms with E-state index in [4.69, 9.17) is 9.84 Å². The maximum absolute atomic E-state index is 12.6. The van der Waals surface area contributed by atoms with E-state index in [-0.39, 0.29) is 24.5 Å². The minimum absolute atomic E-state index is 0.00987. The summed E-state index contributed by atoms with van der Waals surface area (Å²) in [5.74, 6) is -1.26. The molecule has 0 radical (unpaired) electrons. The zero-order valence-electron chi connectivity index (χ0n) is 28.1. The average Bonchev–Trinajstić information content (AvgIpc) is 2.99. The Morgan fingerprint density at radius 3 is 1.70 bits per heavy atom. The molecule has 0 aliphatic rings. The molecule has 0 fully saturated rings. The number of aliphatic carboxylic acids is 1. The lowest BCUT2D eigenvalue weighted by molar-refractivity contribution is -0.150. The highest BCUT2D eigenvalue weighted by Crippen LogP contribution is 2.17. The maximum Gasteiger partial charge on any atom is 0.322 e. The first-order valence-electron chi connectivity index (χ1n) is 18.0. The summed E-state index contributed by atoms with van der Waals surface area (Å²) < 4.78 is 5.95. The van der Waals surface area contributed by atoms with E-state index in [0.717, 1.165) is 77.0 Å². The lowest BCUT2D eigenvalue weighted by Crippen LogP contribution is -2.28. The average molecular weight is 606 g/mol. The standard InChI is InChI=1S/C37H67NO5/c1-3-5-7-9-11-13-14-15-16-17-18-21-25-29-34(43-37(42)32-28-24-19-12-10-8-6-4-2)30-26-22-20-23-27-31-35(39)38-33-36(40)41/h14-15,17-18,34H,3-13,16,19-33H2,1-2H3,(H,38,39)(H,40,41)/b15-14-,18-17-. The molecular formula is C37H67NO5. The fourth-order valence-corrected chi connectivity index (χ4v) is 5.20. The van der Waals surface area contributed by atoms with Crippen LogP contribution in [0.2, 0.25) is 0 Å². The Balaban J connectivity index is 4.26. The number of amides is 1. The molecule has 0 rings (SSSR count). The zero-order valence-corrected chi connectivity index (χ0v) is 28.1. The summed E-state index contributed by atoms with van der Waals surface area (Å²) in [6.07, 6.45) is 37.2. The molecule has 6 heteroatoms. The quantitative estimate of drug-likeness (QED) is 0.0452. The third-order valence-electron chi connectivity index (χ3n) is 7.88. The molecule has 250 valence electrons. The normalized spacial score (nSPS) is 12.2. The molecule has 1 amide bonds. The van der Waals surface area contributed by atoms with Crippen LogP contribution in [0.5, 0.6) is 0 Å². The molecule has 0 heterocycles. The molecule has 0 aromatic rings. The van der Waals surface area contributed by atoms with Crippen LogP contribution in [0, 0.1) is 0 Å². The lowest BCUT2D eigenvalue weighted by Gasteiger charge is -2.18. The van der Waals surface area contributed by atoms with Gasteiger partial charge in [0.2, 0.25) is 5.91 Å². The number of hydrogen-bond acceptors (Lipinski definition) is 4. The smallest absolute Gasteiger partial charge is 0.322 e. The molecule has 43 heavy (non-hydrogen) atoms. The van der Waals surface area contributed by atoms with Gasteiger partial charge < -0.3 is 15.2 Å². The van der Waals surface area contributed by atoms with Crippen molar-refractivity contribution in [1.82, 2.24) is 5.32 Å². The van der Waals surface area contributed by atoms with Crippen molar-refractivity contribution in [3.63, 3.8) is 0 Å². The minimum Gasteiger partial charge on any atom is -0.480 e. The van der Waals surface area contributed by atoms with E-state index >= 15 is 0 Å². The summed E-state index contributed by atoms with van der Waals surface area (Å²) in [6, 6.07) is 0. The first kappa shape index (κ1) is 40.9. The van der Waals surface area contributed by atoms with Gasteiger partial charge in [-0.1, -0.05) is 128 Å². The number of esters is 1. The molecule has 6 nitrogen and oxygen atoms in total. The monoisotopic (exact) mass is 606 g/mol. The third-order valence-corrected chi connectivity index (χ3v) is 7.88. The largest absolute Gasteiger partial charge is 0.480 e. The van der Waals surface area contributed by atoms with E-state index in [9.17, 15) is 14.4 Å². The number of allylic oxidation sites excluding steroid dienone is 4. The van der Waals surface area contributed by atoms with Gasteiger partial charge in [-0.25, -0.2) is 0 Å². The Hall–Kier alpha value is -2.11. The van der Waals surface area contributed by atoms with Crippen LogP contribution < -0.4 is 5.32 Å². The summed E-state index contributed by atoms with van der Waals surface area (Å²) >= 11 is 0. The number of carbonyl (C=O) groups is 3. The van der Waals surface area contributed by atoms with Crippen LogP contribution in [0.3, 0.4) is 0 Å². The number of nitrogens with one attached hydrogen (secondary N) is 1. The highest BCUT2D eigenvalue weighted by Gasteiger charge is 2.14. The van der Waals surface area contributed by atoms with Gasteiger partial charge in [0.15, 0.2) is 0 Å². The van der Waals surface area contributed by atoms with E-state index < -0.39 is 5.97 Å². The van der Waals surface area contributed by atoms with E-state index in [1.54, 1.807) is 0 Å². The van der Waals surface area contributed by atoms with Crippen LogP contribution in [0.1, 0.15) is 181 Å². The predicted molar refractivity (Wildman–Crippen MR) is 180 cm³/mol. The van der Waals surface area contributed by atoms with Gasteiger partial charge in [0.25, 0.3) is 0 Å². The number of carbonyl (C=O) groups excluding carboxylic acids is 2. The van der Waals surface area contributed by atoms with Crippen molar-refractivity contribution in [2.75, 3.05) is 6.54 Å². The second-order valence-corrected chi connectivity index (χ2v) is 12.1. The summed E-state index contributed by atoms with van der Waals surface area (Å²) in [6.45, 7) is 4.18. The van der Waals surface area contributed by atoms with E-state index in [1.807, 2.05) is 0 Å². The number of ether oxygens (including phenoxy) is 1. The van der Waals surface area contributed by atoms with Gasteiger partial charge in [-0.05, 0) is 64.2 Å². The Labute approximate surface area is 264 Å². The van der Waals surface area contributed by atoms with E-state index in [0.29, 0.717) is 12.8 Å². The van der Waals surface area contributed by atoms with Gasteiger partial charge in [-0.15, -0.1) is 0 Å². The van der Waals surface area contributed by atoms with Gasteiger partial charge in [0.1, 0.15) is 12.6 Å². The molecule has 0 saturated heterocycles. The van der Waals surface area contributed by atoms with Crippen molar-refractivity contribution < 1.29 is 24.2 Å². The number of unbranched alkanes of at least 4 members (excludes halogenated alkanes) is 17. The van der Waals surface area contributed by atoms with Gasteiger partial charge in [0, 0.05) is 12.8 Å². The number of carboxylic acids is 1. The van der Waals surface area contributed by atoms with E-state index in [2.05, 4.69) is 43.5 Å². The van der Waals surface area contributed by atoms with Gasteiger partial charge in [0.05, 0.1) is 0 Å². The topological polar surface area (TPSA) is 92.7 Å². The van der Waals surface area contributed by atoms with Crippen molar-refractivity contribution in [3.05, 3.63) is 24.3 Å². The van der Waals surface area contributed by atoms with Crippen LogP contribution in [0.25, 0.3) is 0 Å². The highest BCUT2D eigenvalue weighted by molar-refractivity contribution is 5.80. The van der Waals surface area contributed by atoms with Crippen LogP contribution in [0.15, 0.2) is 24.3 Å². The van der Waals surface area contributed by atoms with Crippen LogP contribution in [0.4, 0.5) is 0 Å². The Bertz CT molecular complexity index is 718. The van der Waals surface area contributed by atoms with Crippen molar-refractivity contribution in [1.29, 1.82) is 0 Å². The van der Waals surface area contributed by atoms with Gasteiger partial charge >= 0.3 is 11.9 Å². The number of carboxylic acid groups (broad SMARTS) is 1. The zero-order chi connectivity index (χ0) is 31.6. The molecule has 0 aromatic carbocycles. The molecule has 0 bridgehead atoms. The summed E-state index contributed by atoms with van der Waals surface area (Å²) in [7, 11) is 0. The van der Waals surface area contributed by atoms with Crippen molar-refractivity contribution in [2.45, 2.75) is 187 Å². The maximum atomic E-state index is 12.6.